The maximum atomic E-state index is 11.8. The molecule has 21 heavy (non-hydrogen) atoms. The van der Waals surface area contributed by atoms with Crippen LogP contribution in [0.15, 0.2) is 40.9 Å². The van der Waals surface area contributed by atoms with E-state index in [-0.39, 0.29) is 31.0 Å². The van der Waals surface area contributed by atoms with E-state index in [1.165, 1.54) is 0 Å². The molecule has 0 saturated heterocycles. The van der Waals surface area contributed by atoms with E-state index < -0.39 is 0 Å². The van der Waals surface area contributed by atoms with Crippen LogP contribution < -0.4 is 10.1 Å². The topological polar surface area (TPSA) is 84.6 Å². The summed E-state index contributed by atoms with van der Waals surface area (Å²) in [5.41, 5.74) is 1.05. The predicted octanol–water partition coefficient (Wildman–Crippen LogP) is 1.08. The SMILES string of the molecule is Cc1cc(OCC(=O)N[C@H](CO)Cc2ccccc2)no1. The van der Waals surface area contributed by atoms with Crippen LogP contribution in [0.4, 0.5) is 0 Å². The van der Waals surface area contributed by atoms with E-state index in [4.69, 9.17) is 9.26 Å². The van der Waals surface area contributed by atoms with Gasteiger partial charge in [0.05, 0.1) is 12.6 Å². The maximum Gasteiger partial charge on any atom is 0.258 e. The van der Waals surface area contributed by atoms with Crippen LogP contribution in [0, 0.1) is 6.92 Å². The fourth-order valence-electron chi connectivity index (χ4n) is 1.88. The minimum atomic E-state index is -0.345. The number of aliphatic hydroxyl groups is 1. The Bertz CT molecular complexity index is 568. The van der Waals surface area contributed by atoms with Crippen LogP contribution in [-0.2, 0) is 11.2 Å². The first-order chi connectivity index (χ1) is 10.2. The lowest BCUT2D eigenvalue weighted by molar-refractivity contribution is -0.124. The number of aliphatic hydroxyl groups excluding tert-OH is 1. The number of rotatable bonds is 7. The second-order valence-electron chi connectivity index (χ2n) is 4.70. The summed E-state index contributed by atoms with van der Waals surface area (Å²) in [6.07, 6.45) is 0.562. The fraction of sp³-hybridized carbons (Fsp3) is 0.333. The highest BCUT2D eigenvalue weighted by molar-refractivity contribution is 5.77. The molecule has 1 heterocycles. The highest BCUT2D eigenvalue weighted by Gasteiger charge is 2.13. The Hall–Kier alpha value is -2.34. The van der Waals surface area contributed by atoms with Crippen molar-refractivity contribution in [1.29, 1.82) is 0 Å². The number of aryl methyl sites for hydroxylation is 1. The molecule has 0 aliphatic carbocycles. The number of amides is 1. The van der Waals surface area contributed by atoms with Crippen LogP contribution in [0.1, 0.15) is 11.3 Å². The van der Waals surface area contributed by atoms with Crippen molar-refractivity contribution in [2.24, 2.45) is 0 Å². The first kappa shape index (κ1) is 15.1. The third-order valence-corrected chi connectivity index (χ3v) is 2.87. The Balaban J connectivity index is 1.79. The van der Waals surface area contributed by atoms with Gasteiger partial charge in [-0.2, -0.15) is 0 Å². The van der Waals surface area contributed by atoms with Gasteiger partial charge >= 0.3 is 0 Å². The molecule has 2 N–H and O–H groups in total. The summed E-state index contributed by atoms with van der Waals surface area (Å²) in [5, 5.41) is 15.7. The van der Waals surface area contributed by atoms with Gasteiger partial charge in [-0.3, -0.25) is 4.79 Å². The molecule has 2 rings (SSSR count). The molecule has 0 bridgehead atoms. The lowest BCUT2D eigenvalue weighted by Crippen LogP contribution is -2.41. The molecule has 2 aromatic rings. The van der Waals surface area contributed by atoms with E-state index in [1.54, 1.807) is 13.0 Å². The van der Waals surface area contributed by atoms with Crippen molar-refractivity contribution in [3.63, 3.8) is 0 Å². The first-order valence-electron chi connectivity index (χ1n) is 6.67. The highest BCUT2D eigenvalue weighted by Crippen LogP contribution is 2.09. The lowest BCUT2D eigenvalue weighted by atomic mass is 10.1. The zero-order valence-electron chi connectivity index (χ0n) is 11.8. The number of nitrogens with one attached hydrogen (secondary N) is 1. The third kappa shape index (κ3) is 4.92. The Labute approximate surface area is 122 Å². The number of nitrogens with zero attached hydrogens (tertiary/aromatic N) is 1. The van der Waals surface area contributed by atoms with Gasteiger partial charge in [0, 0.05) is 6.07 Å². The summed E-state index contributed by atoms with van der Waals surface area (Å²) >= 11 is 0. The summed E-state index contributed by atoms with van der Waals surface area (Å²) in [7, 11) is 0. The van der Waals surface area contributed by atoms with E-state index in [2.05, 4.69) is 10.5 Å². The van der Waals surface area contributed by atoms with Crippen molar-refractivity contribution < 1.29 is 19.2 Å². The normalized spacial score (nSPS) is 11.9. The van der Waals surface area contributed by atoms with Gasteiger partial charge in [0.25, 0.3) is 11.8 Å². The molecule has 1 atom stereocenters. The highest BCUT2D eigenvalue weighted by atomic mass is 16.5. The van der Waals surface area contributed by atoms with Gasteiger partial charge in [0.15, 0.2) is 6.61 Å². The molecule has 0 spiro atoms. The molecule has 0 unspecified atom stereocenters. The minimum absolute atomic E-state index is 0.135. The van der Waals surface area contributed by atoms with E-state index >= 15 is 0 Å². The van der Waals surface area contributed by atoms with E-state index in [0.29, 0.717) is 12.2 Å². The van der Waals surface area contributed by atoms with Crippen molar-refractivity contribution in [1.82, 2.24) is 10.5 Å². The van der Waals surface area contributed by atoms with Gasteiger partial charge in [-0.05, 0) is 24.1 Å². The van der Waals surface area contributed by atoms with Crippen LogP contribution in [0.2, 0.25) is 0 Å². The van der Waals surface area contributed by atoms with Crippen molar-refractivity contribution >= 4 is 5.91 Å². The van der Waals surface area contributed by atoms with Crippen molar-refractivity contribution in [3.05, 3.63) is 47.7 Å². The number of carbonyl (C=O) groups excluding carboxylic acids is 1. The summed E-state index contributed by atoms with van der Waals surface area (Å²) in [6.45, 7) is 1.43. The maximum absolute atomic E-state index is 11.8. The van der Waals surface area contributed by atoms with Crippen LogP contribution in [-0.4, -0.2) is 35.4 Å². The summed E-state index contributed by atoms with van der Waals surface area (Å²) in [6, 6.07) is 10.9. The monoisotopic (exact) mass is 290 g/mol. The Morgan fingerprint density at radius 1 is 1.43 bits per heavy atom. The van der Waals surface area contributed by atoms with Crippen molar-refractivity contribution in [2.45, 2.75) is 19.4 Å². The lowest BCUT2D eigenvalue weighted by Gasteiger charge is -2.16. The molecule has 112 valence electrons. The van der Waals surface area contributed by atoms with Crippen molar-refractivity contribution in [3.8, 4) is 5.88 Å². The smallest absolute Gasteiger partial charge is 0.258 e. The second-order valence-corrected chi connectivity index (χ2v) is 4.70. The first-order valence-corrected chi connectivity index (χ1v) is 6.67. The minimum Gasteiger partial charge on any atom is -0.465 e. The van der Waals surface area contributed by atoms with Crippen LogP contribution >= 0.6 is 0 Å². The van der Waals surface area contributed by atoms with E-state index in [9.17, 15) is 9.90 Å². The van der Waals surface area contributed by atoms with Gasteiger partial charge in [0.1, 0.15) is 5.76 Å². The molecule has 0 aliphatic heterocycles. The fourth-order valence-corrected chi connectivity index (χ4v) is 1.88. The number of benzene rings is 1. The standard InChI is InChI=1S/C15H18N2O4/c1-11-7-15(17-21-11)20-10-14(19)16-13(9-18)8-12-5-3-2-4-6-12/h2-7,13,18H,8-10H2,1H3,(H,16,19)/t13-/m0/s1. The van der Waals surface area contributed by atoms with Gasteiger partial charge in [-0.25, -0.2) is 0 Å². The quantitative estimate of drug-likeness (QED) is 0.797. The number of carbonyl (C=O) groups is 1. The molecule has 1 amide bonds. The molecular weight excluding hydrogens is 272 g/mol. The second kappa shape index (κ2) is 7.44. The Morgan fingerprint density at radius 3 is 2.81 bits per heavy atom. The summed E-state index contributed by atoms with van der Waals surface area (Å²) < 4.78 is 10.0. The Kier molecular flexibility index (Phi) is 5.34. The van der Waals surface area contributed by atoms with Crippen LogP contribution in [0.5, 0.6) is 5.88 Å². The molecule has 6 nitrogen and oxygen atoms in total. The molecular formula is C15H18N2O4. The van der Waals surface area contributed by atoms with Crippen molar-refractivity contribution in [2.75, 3.05) is 13.2 Å². The Morgan fingerprint density at radius 2 is 2.19 bits per heavy atom. The number of hydrogen-bond donors (Lipinski definition) is 2. The average Bonchev–Trinajstić information content (AvgIpc) is 2.91. The number of ether oxygens (including phenoxy) is 1. The molecule has 1 aromatic carbocycles. The predicted molar refractivity (Wildman–Crippen MR) is 75.9 cm³/mol. The molecule has 1 aromatic heterocycles. The van der Waals surface area contributed by atoms with Crippen LogP contribution in [0.3, 0.4) is 0 Å². The van der Waals surface area contributed by atoms with E-state index in [0.717, 1.165) is 5.56 Å². The third-order valence-electron chi connectivity index (χ3n) is 2.87. The zero-order chi connectivity index (χ0) is 15.1. The van der Waals surface area contributed by atoms with Gasteiger partial charge < -0.3 is 19.7 Å². The summed E-state index contributed by atoms with van der Waals surface area (Å²) in [5.74, 6) is 0.569. The summed E-state index contributed by atoms with van der Waals surface area (Å²) in [4.78, 5) is 11.8. The van der Waals surface area contributed by atoms with E-state index in [1.807, 2.05) is 30.3 Å². The van der Waals surface area contributed by atoms with Gasteiger partial charge in [0.2, 0.25) is 0 Å². The van der Waals surface area contributed by atoms with Gasteiger partial charge in [-0.1, -0.05) is 30.3 Å². The molecule has 6 heteroatoms. The molecule has 0 saturated carbocycles. The zero-order valence-corrected chi connectivity index (χ0v) is 11.8. The number of aromatic nitrogens is 1. The van der Waals surface area contributed by atoms with Gasteiger partial charge in [-0.15, -0.1) is 0 Å². The number of hydrogen-bond acceptors (Lipinski definition) is 5. The average molecular weight is 290 g/mol. The largest absolute Gasteiger partial charge is 0.465 e. The molecule has 0 fully saturated rings. The van der Waals surface area contributed by atoms with Crippen LogP contribution in [0.25, 0.3) is 0 Å². The molecule has 0 aliphatic rings. The molecule has 0 radical (unpaired) electrons.